The highest BCUT2D eigenvalue weighted by Gasteiger charge is 2.05. The monoisotopic (exact) mass is 1040 g/mol. The Morgan fingerprint density at radius 2 is 0.380 bits per heavy atom. The van der Waals surface area contributed by atoms with Gasteiger partial charge in [0.25, 0.3) is 0 Å². The van der Waals surface area contributed by atoms with Gasteiger partial charge in [0.2, 0.25) is 0 Å². The van der Waals surface area contributed by atoms with Crippen LogP contribution in [0.15, 0.2) is 0 Å². The van der Waals surface area contributed by atoms with Crippen LogP contribution in [-0.4, -0.2) is 291 Å². The van der Waals surface area contributed by atoms with E-state index in [1.54, 1.807) is 7.11 Å². The largest absolute Gasteiger partial charge is 0.465 e. The summed E-state index contributed by atoms with van der Waals surface area (Å²) >= 11 is 0. The molecule has 0 aromatic rings. The number of hydrogen-bond acceptors (Lipinski definition) is 23. The third kappa shape index (κ3) is 66.6. The number of rotatable bonds is 65. The maximum absolute atomic E-state index is 11.5. The molecule has 0 radical (unpaired) electrons. The van der Waals surface area contributed by atoms with Gasteiger partial charge < -0.3 is 104 Å². The van der Waals surface area contributed by atoms with Crippen molar-refractivity contribution in [1.82, 2.24) is 0 Å². The van der Waals surface area contributed by atoms with Crippen LogP contribution in [0.5, 0.6) is 0 Å². The van der Waals surface area contributed by atoms with Crippen LogP contribution in [0.1, 0.15) is 20.3 Å². The molecule has 0 rings (SSSR count). The molecule has 426 valence electrons. The molecule has 0 aromatic heterocycles. The van der Waals surface area contributed by atoms with E-state index < -0.39 is 0 Å². The van der Waals surface area contributed by atoms with Gasteiger partial charge in [0, 0.05) is 7.11 Å². The standard InChI is InChI=1S/C48H96O23/c1-47(2)46-71-48(49)4-5-51-8-9-53-12-13-55-16-17-57-20-21-59-24-25-61-28-29-63-32-33-65-36-37-67-40-41-69-44-45-70-43-42-68-39-38-66-35-34-64-31-30-62-27-26-60-23-22-58-19-18-56-15-14-54-11-10-52-7-6-50-3/h47H,4-46H2,1-3H3. The van der Waals surface area contributed by atoms with Crippen LogP contribution in [0.3, 0.4) is 0 Å². The third-order valence-electron chi connectivity index (χ3n) is 8.53. The van der Waals surface area contributed by atoms with Crippen LogP contribution in [0.25, 0.3) is 0 Å². The minimum absolute atomic E-state index is 0.241. The molecule has 0 atom stereocenters. The van der Waals surface area contributed by atoms with Crippen molar-refractivity contribution in [2.24, 2.45) is 5.92 Å². The summed E-state index contributed by atoms with van der Waals surface area (Å²) in [5, 5.41) is 0. The zero-order valence-corrected chi connectivity index (χ0v) is 43.9. The van der Waals surface area contributed by atoms with Gasteiger partial charge in [-0.3, -0.25) is 4.79 Å². The van der Waals surface area contributed by atoms with Crippen LogP contribution in [-0.2, 0) is 109 Å². The molecule has 71 heavy (non-hydrogen) atoms. The fourth-order valence-corrected chi connectivity index (χ4v) is 4.91. The van der Waals surface area contributed by atoms with Gasteiger partial charge in [0.05, 0.1) is 284 Å². The molecule has 23 heteroatoms. The van der Waals surface area contributed by atoms with E-state index in [1.807, 2.05) is 13.8 Å². The molecule has 23 nitrogen and oxygen atoms in total. The van der Waals surface area contributed by atoms with Gasteiger partial charge in [0.15, 0.2) is 0 Å². The van der Waals surface area contributed by atoms with E-state index in [9.17, 15) is 4.79 Å². The summed E-state index contributed by atoms with van der Waals surface area (Å²) in [5.41, 5.74) is 0. The molecule has 0 fully saturated rings. The summed E-state index contributed by atoms with van der Waals surface area (Å²) in [6, 6.07) is 0. The Kier molecular flexibility index (Phi) is 63.5. The Hall–Kier alpha value is -1.37. The van der Waals surface area contributed by atoms with Crippen LogP contribution >= 0.6 is 0 Å². The highest BCUT2D eigenvalue weighted by Crippen LogP contribution is 1.96. The van der Waals surface area contributed by atoms with Crippen molar-refractivity contribution in [3.63, 3.8) is 0 Å². The lowest BCUT2D eigenvalue weighted by molar-refractivity contribution is -0.146. The smallest absolute Gasteiger partial charge is 0.308 e. The van der Waals surface area contributed by atoms with Crippen molar-refractivity contribution in [3.8, 4) is 0 Å². The summed E-state index contributed by atoms with van der Waals surface area (Å²) < 4.78 is 119. The van der Waals surface area contributed by atoms with Crippen molar-refractivity contribution < 1.29 is 109 Å². The second-order valence-electron chi connectivity index (χ2n) is 15.1. The molecule has 0 saturated carbocycles. The molecule has 0 heterocycles. The molecule has 0 aliphatic rings. The highest BCUT2D eigenvalue weighted by molar-refractivity contribution is 5.69. The second-order valence-corrected chi connectivity index (χ2v) is 15.1. The fraction of sp³-hybridized carbons (Fsp3) is 0.979. The summed E-state index contributed by atoms with van der Waals surface area (Å²) in [4.78, 5) is 11.5. The molecule has 0 aliphatic heterocycles. The van der Waals surface area contributed by atoms with Crippen molar-refractivity contribution >= 4 is 5.97 Å². The Morgan fingerprint density at radius 3 is 0.521 bits per heavy atom. The maximum Gasteiger partial charge on any atom is 0.308 e. The molecular formula is C48H96O23. The SMILES string of the molecule is COCCOCCOCCOCCOCCOCCOCCOCCOCCOCCOCCOCCOCCOCCOCCOCCOCCOCCOCCOCCOCCC(=O)OCC(C)C. The number of hydrogen-bond donors (Lipinski definition) is 0. The lowest BCUT2D eigenvalue weighted by Crippen LogP contribution is -2.16. The van der Waals surface area contributed by atoms with Gasteiger partial charge in [-0.05, 0) is 5.92 Å². The summed E-state index contributed by atoms with van der Waals surface area (Å²) in [6.07, 6.45) is 0.249. The quantitative estimate of drug-likeness (QED) is 0.0623. The van der Waals surface area contributed by atoms with Crippen molar-refractivity contribution in [2.75, 3.05) is 285 Å². The lowest BCUT2D eigenvalue weighted by Gasteiger charge is -2.09. The predicted octanol–water partition coefficient (Wildman–Crippen LogP) is 1.55. The van der Waals surface area contributed by atoms with Gasteiger partial charge in [-0.1, -0.05) is 13.8 Å². The van der Waals surface area contributed by atoms with Crippen molar-refractivity contribution in [2.45, 2.75) is 20.3 Å². The van der Waals surface area contributed by atoms with Gasteiger partial charge in [-0.15, -0.1) is 0 Å². The first-order chi connectivity index (χ1) is 35.2. The lowest BCUT2D eigenvalue weighted by atomic mass is 10.2. The molecule has 0 N–H and O–H groups in total. The van der Waals surface area contributed by atoms with Crippen LogP contribution in [0.4, 0.5) is 0 Å². The van der Waals surface area contributed by atoms with Crippen LogP contribution in [0, 0.1) is 5.92 Å². The molecule has 0 amide bonds. The highest BCUT2D eigenvalue weighted by atomic mass is 16.6. The minimum Gasteiger partial charge on any atom is -0.465 e. The van der Waals surface area contributed by atoms with Gasteiger partial charge in [0.1, 0.15) is 0 Å². The molecule has 0 spiro atoms. The second kappa shape index (κ2) is 64.7. The fourth-order valence-electron chi connectivity index (χ4n) is 4.91. The molecule has 0 aromatic carbocycles. The topological polar surface area (TPSA) is 220 Å². The summed E-state index contributed by atoms with van der Waals surface area (Å²) in [6.45, 7) is 24.6. The van der Waals surface area contributed by atoms with E-state index in [2.05, 4.69) is 0 Å². The van der Waals surface area contributed by atoms with Crippen molar-refractivity contribution in [1.29, 1.82) is 0 Å². The number of methoxy groups -OCH3 is 1. The Bertz CT molecular complexity index is 978. The average Bonchev–Trinajstić information content (AvgIpc) is 3.37. The van der Waals surface area contributed by atoms with Gasteiger partial charge in [-0.2, -0.15) is 0 Å². The first-order valence-electron chi connectivity index (χ1n) is 25.4. The number of ether oxygens (including phenoxy) is 22. The number of carbonyl (C=O) groups is 1. The average molecular weight is 1040 g/mol. The van der Waals surface area contributed by atoms with E-state index in [-0.39, 0.29) is 12.4 Å². The van der Waals surface area contributed by atoms with Gasteiger partial charge >= 0.3 is 5.97 Å². The molecule has 0 aliphatic carbocycles. The Balaban J connectivity index is 3.09. The van der Waals surface area contributed by atoms with E-state index in [4.69, 9.17) is 104 Å². The first-order valence-corrected chi connectivity index (χ1v) is 25.4. The van der Waals surface area contributed by atoms with E-state index in [0.29, 0.717) is 283 Å². The van der Waals surface area contributed by atoms with Crippen LogP contribution in [0.2, 0.25) is 0 Å². The minimum atomic E-state index is -0.241. The maximum atomic E-state index is 11.5. The molecule has 0 unspecified atom stereocenters. The predicted molar refractivity (Wildman–Crippen MR) is 259 cm³/mol. The Morgan fingerprint density at radius 1 is 0.239 bits per heavy atom. The molecular weight excluding hydrogens is 945 g/mol. The number of esters is 1. The molecule has 0 saturated heterocycles. The zero-order chi connectivity index (χ0) is 51.1. The Labute approximate surface area is 425 Å². The molecule has 0 bridgehead atoms. The van der Waals surface area contributed by atoms with E-state index >= 15 is 0 Å². The number of carbonyl (C=O) groups excluding carboxylic acids is 1. The van der Waals surface area contributed by atoms with Crippen molar-refractivity contribution in [3.05, 3.63) is 0 Å². The zero-order valence-electron chi connectivity index (χ0n) is 43.9. The van der Waals surface area contributed by atoms with E-state index in [1.165, 1.54) is 0 Å². The third-order valence-corrected chi connectivity index (χ3v) is 8.53. The first kappa shape index (κ1) is 69.6. The van der Waals surface area contributed by atoms with Gasteiger partial charge in [-0.25, -0.2) is 0 Å². The summed E-state index contributed by atoms with van der Waals surface area (Å²) in [7, 11) is 1.64. The van der Waals surface area contributed by atoms with E-state index in [0.717, 1.165) is 0 Å². The summed E-state index contributed by atoms with van der Waals surface area (Å²) in [5.74, 6) is 0.0860. The normalized spacial score (nSPS) is 11.7. The van der Waals surface area contributed by atoms with Crippen LogP contribution < -0.4 is 0 Å².